The number of rotatable bonds is 7. The zero-order valence-electron chi connectivity index (χ0n) is 22.5. The van der Waals surface area contributed by atoms with Gasteiger partial charge >= 0.3 is 18.0 Å². The van der Waals surface area contributed by atoms with Crippen LogP contribution in [0.15, 0.2) is 54.6 Å². The molecule has 2 fully saturated rings. The van der Waals surface area contributed by atoms with E-state index < -0.39 is 24.1 Å². The molecule has 2 aliphatic rings. The van der Waals surface area contributed by atoms with Crippen molar-refractivity contribution >= 4 is 34.9 Å². The van der Waals surface area contributed by atoms with Crippen molar-refractivity contribution in [3.05, 3.63) is 60.2 Å². The molecule has 1 saturated heterocycles. The van der Waals surface area contributed by atoms with E-state index in [4.69, 9.17) is 28.9 Å². The summed E-state index contributed by atoms with van der Waals surface area (Å²) in [6, 6.07) is 17.1. The summed E-state index contributed by atoms with van der Waals surface area (Å²) < 4.78 is 22.6. The Labute approximate surface area is 232 Å². The van der Waals surface area contributed by atoms with Crippen molar-refractivity contribution in [2.45, 2.75) is 51.6 Å². The number of amides is 1. The predicted octanol–water partition coefficient (Wildman–Crippen LogP) is 3.49. The Morgan fingerprint density at radius 3 is 2.10 bits per heavy atom. The lowest BCUT2D eigenvalue weighted by Gasteiger charge is -2.34. The van der Waals surface area contributed by atoms with Crippen molar-refractivity contribution in [1.29, 1.82) is 0 Å². The minimum absolute atomic E-state index is 0.228. The molecule has 0 radical (unpaired) electrons. The maximum atomic E-state index is 12.6. The Morgan fingerprint density at radius 1 is 0.825 bits per heavy atom. The third-order valence-electron chi connectivity index (χ3n) is 6.90. The fourth-order valence-electron chi connectivity index (χ4n) is 5.01. The molecule has 2 aromatic carbocycles. The number of carbonyl (C=O) groups is 3. The Hall–Kier alpha value is -4.41. The van der Waals surface area contributed by atoms with Gasteiger partial charge in [0.25, 0.3) is 0 Å². The normalized spacial score (nSPS) is 20.7. The summed E-state index contributed by atoms with van der Waals surface area (Å²) in [6.07, 6.45) is -1.17. The molecule has 0 unspecified atom stereocenters. The van der Waals surface area contributed by atoms with Crippen molar-refractivity contribution in [2.24, 2.45) is 0 Å². The van der Waals surface area contributed by atoms with E-state index in [0.717, 1.165) is 16.5 Å². The van der Waals surface area contributed by atoms with Crippen LogP contribution in [0.25, 0.3) is 10.9 Å². The molecule has 1 aliphatic carbocycles. The first kappa shape index (κ1) is 27.2. The molecule has 1 amide bonds. The van der Waals surface area contributed by atoms with Crippen LogP contribution in [0, 0.1) is 0 Å². The lowest BCUT2D eigenvalue weighted by atomic mass is 10.2. The molecular weight excluding hydrogens is 516 g/mol. The summed E-state index contributed by atoms with van der Waals surface area (Å²) in [4.78, 5) is 49.0. The van der Waals surface area contributed by atoms with E-state index in [1.54, 1.807) is 4.90 Å². The monoisotopic (exact) mass is 548 g/mol. The van der Waals surface area contributed by atoms with Crippen molar-refractivity contribution in [3.63, 3.8) is 0 Å². The van der Waals surface area contributed by atoms with Crippen molar-refractivity contribution in [2.75, 3.05) is 31.1 Å². The SMILES string of the molecule is CC(=O)O[C@H]1C[C@H](Oc2nc(N3CCN(C(=O)OCc4ccccc4)CC3)nc3ccccc23)C[C@H]1OC(C)=O. The van der Waals surface area contributed by atoms with E-state index in [2.05, 4.69) is 0 Å². The molecule has 1 aliphatic heterocycles. The van der Waals surface area contributed by atoms with Gasteiger partial charge < -0.3 is 28.7 Å². The van der Waals surface area contributed by atoms with Gasteiger partial charge in [0.2, 0.25) is 11.8 Å². The Morgan fingerprint density at radius 2 is 1.45 bits per heavy atom. The largest absolute Gasteiger partial charge is 0.473 e. The van der Waals surface area contributed by atoms with Gasteiger partial charge in [-0.05, 0) is 17.7 Å². The van der Waals surface area contributed by atoms with E-state index in [-0.39, 0.29) is 18.8 Å². The molecule has 0 N–H and O–H groups in total. The fraction of sp³-hybridized carbons (Fsp3) is 0.414. The number of hydrogen-bond donors (Lipinski definition) is 0. The van der Waals surface area contributed by atoms with Gasteiger partial charge in [-0.25, -0.2) is 9.78 Å². The minimum Gasteiger partial charge on any atom is -0.473 e. The number of ether oxygens (including phenoxy) is 4. The van der Waals surface area contributed by atoms with Gasteiger partial charge in [-0.2, -0.15) is 4.98 Å². The second kappa shape index (κ2) is 12.2. The van der Waals surface area contributed by atoms with Crippen molar-refractivity contribution in [1.82, 2.24) is 14.9 Å². The van der Waals surface area contributed by atoms with Crippen LogP contribution in [0.1, 0.15) is 32.3 Å². The van der Waals surface area contributed by atoms with Crippen LogP contribution in [-0.2, 0) is 30.4 Å². The van der Waals surface area contributed by atoms with Crippen molar-refractivity contribution < 1.29 is 33.3 Å². The molecule has 3 aromatic rings. The highest BCUT2D eigenvalue weighted by Crippen LogP contribution is 2.33. The molecule has 11 heteroatoms. The average Bonchev–Trinajstić information content (AvgIpc) is 3.31. The van der Waals surface area contributed by atoms with Crippen molar-refractivity contribution in [3.8, 4) is 5.88 Å². The van der Waals surface area contributed by atoms with Crippen LogP contribution in [-0.4, -0.2) is 77.4 Å². The summed E-state index contributed by atoms with van der Waals surface area (Å²) in [5.74, 6) is 0.0127. The fourth-order valence-corrected chi connectivity index (χ4v) is 5.01. The Kier molecular flexibility index (Phi) is 8.28. The molecule has 40 heavy (non-hydrogen) atoms. The highest BCUT2D eigenvalue weighted by Gasteiger charge is 2.40. The third-order valence-corrected chi connectivity index (χ3v) is 6.90. The number of fused-ring (bicyclic) bond motifs is 1. The number of anilines is 1. The van der Waals surface area contributed by atoms with Gasteiger partial charge in [0.15, 0.2) is 0 Å². The van der Waals surface area contributed by atoms with Crippen LogP contribution in [0.5, 0.6) is 5.88 Å². The molecule has 0 bridgehead atoms. The molecule has 0 spiro atoms. The Bertz CT molecular complexity index is 1340. The van der Waals surface area contributed by atoms with Crippen LogP contribution in [0.4, 0.5) is 10.7 Å². The summed E-state index contributed by atoms with van der Waals surface area (Å²) >= 11 is 0. The number of hydrogen-bond acceptors (Lipinski definition) is 10. The van der Waals surface area contributed by atoms with Crippen LogP contribution in [0.2, 0.25) is 0 Å². The molecule has 210 valence electrons. The van der Waals surface area contributed by atoms with Gasteiger partial charge in [-0.1, -0.05) is 42.5 Å². The zero-order valence-corrected chi connectivity index (χ0v) is 22.5. The quantitative estimate of drug-likeness (QED) is 0.320. The lowest BCUT2D eigenvalue weighted by molar-refractivity contribution is -0.162. The first-order chi connectivity index (χ1) is 19.4. The summed E-state index contributed by atoms with van der Waals surface area (Å²) in [5, 5.41) is 0.745. The van der Waals surface area contributed by atoms with Gasteiger partial charge in [-0.15, -0.1) is 0 Å². The first-order valence-electron chi connectivity index (χ1n) is 13.3. The maximum absolute atomic E-state index is 12.6. The summed E-state index contributed by atoms with van der Waals surface area (Å²) in [5.41, 5.74) is 1.66. The average molecular weight is 549 g/mol. The lowest BCUT2D eigenvalue weighted by Crippen LogP contribution is -2.49. The van der Waals surface area contributed by atoms with E-state index in [1.807, 2.05) is 59.5 Å². The number of aromatic nitrogens is 2. The second-order valence-electron chi connectivity index (χ2n) is 9.87. The van der Waals surface area contributed by atoms with Gasteiger partial charge in [0, 0.05) is 52.9 Å². The van der Waals surface area contributed by atoms with E-state index >= 15 is 0 Å². The van der Waals surface area contributed by atoms with Crippen LogP contribution in [0.3, 0.4) is 0 Å². The molecule has 1 saturated carbocycles. The molecular formula is C29H32N4O7. The molecule has 11 nitrogen and oxygen atoms in total. The van der Waals surface area contributed by atoms with Gasteiger partial charge in [-0.3, -0.25) is 9.59 Å². The number of carbonyl (C=O) groups excluding carboxylic acids is 3. The second-order valence-corrected chi connectivity index (χ2v) is 9.87. The third kappa shape index (κ3) is 6.59. The molecule has 5 rings (SSSR count). The maximum Gasteiger partial charge on any atom is 0.410 e. The number of nitrogens with zero attached hydrogens (tertiary/aromatic N) is 4. The highest BCUT2D eigenvalue weighted by atomic mass is 16.6. The molecule has 1 aromatic heterocycles. The number of para-hydroxylation sites is 1. The van der Waals surface area contributed by atoms with E-state index in [1.165, 1.54) is 13.8 Å². The zero-order chi connectivity index (χ0) is 28.1. The topological polar surface area (TPSA) is 120 Å². The smallest absolute Gasteiger partial charge is 0.410 e. The predicted molar refractivity (Wildman–Crippen MR) is 145 cm³/mol. The van der Waals surface area contributed by atoms with E-state index in [0.29, 0.717) is 50.8 Å². The molecule has 2 heterocycles. The number of esters is 2. The van der Waals surface area contributed by atoms with Crippen LogP contribution >= 0.6 is 0 Å². The van der Waals surface area contributed by atoms with Gasteiger partial charge in [0.05, 0.1) is 10.9 Å². The highest BCUT2D eigenvalue weighted by molar-refractivity contribution is 5.84. The standard InChI is InChI=1S/C29H32N4O7/c1-19(34)38-25-16-22(17-26(25)39-20(2)35)40-27-23-10-6-7-11-24(23)30-28(31-27)32-12-14-33(15-13-32)29(36)37-18-21-8-4-3-5-9-21/h3-11,22,25-26H,12-18H2,1-2H3/t22-,25-,26+. The number of benzene rings is 2. The number of piperazine rings is 1. The summed E-state index contributed by atoms with van der Waals surface area (Å²) in [6.45, 7) is 4.88. The Balaban J connectivity index is 1.26. The van der Waals surface area contributed by atoms with Gasteiger partial charge in [0.1, 0.15) is 24.9 Å². The van der Waals surface area contributed by atoms with Crippen LogP contribution < -0.4 is 9.64 Å². The summed E-state index contributed by atoms with van der Waals surface area (Å²) in [7, 11) is 0. The molecule has 3 atom stereocenters. The minimum atomic E-state index is -0.589. The first-order valence-corrected chi connectivity index (χ1v) is 13.3. The van der Waals surface area contributed by atoms with E-state index in [9.17, 15) is 14.4 Å².